The highest BCUT2D eigenvalue weighted by Gasteiger charge is 2.34. The highest BCUT2D eigenvalue weighted by atomic mass is 35.5. The summed E-state index contributed by atoms with van der Waals surface area (Å²) in [6.45, 7) is 3.28. The molecule has 0 saturated carbocycles. The largest absolute Gasteiger partial charge is 0.418 e. The summed E-state index contributed by atoms with van der Waals surface area (Å²) in [5.74, 6) is -2.06. The van der Waals surface area contributed by atoms with Gasteiger partial charge in [-0.1, -0.05) is 35.3 Å². The van der Waals surface area contributed by atoms with Crippen molar-refractivity contribution in [1.82, 2.24) is 9.99 Å². The lowest BCUT2D eigenvalue weighted by Crippen LogP contribution is -2.32. The number of rotatable bonds is 4. The van der Waals surface area contributed by atoms with Gasteiger partial charge in [0, 0.05) is 32.7 Å². The number of nitrogens with zero attached hydrogens (tertiary/aromatic N) is 2. The van der Waals surface area contributed by atoms with E-state index >= 15 is 0 Å². The Kier molecular flexibility index (Phi) is 7.14. The first kappa shape index (κ1) is 24.3. The fourth-order valence-electron chi connectivity index (χ4n) is 3.22. The van der Waals surface area contributed by atoms with E-state index in [9.17, 15) is 22.8 Å². The number of carbonyl (C=O) groups is 2. The fraction of sp³-hybridized carbons (Fsp3) is 0.136. The van der Waals surface area contributed by atoms with Crippen LogP contribution >= 0.6 is 23.2 Å². The number of hydrogen-bond donors (Lipinski definition) is 2. The van der Waals surface area contributed by atoms with Crippen molar-refractivity contribution in [3.8, 4) is 5.69 Å². The van der Waals surface area contributed by atoms with Gasteiger partial charge in [-0.3, -0.25) is 9.59 Å². The molecule has 3 rings (SSSR count). The summed E-state index contributed by atoms with van der Waals surface area (Å²) in [6, 6.07) is 11.1. The molecule has 3 aromatic rings. The van der Waals surface area contributed by atoms with Crippen molar-refractivity contribution in [1.29, 1.82) is 0 Å². The zero-order valence-electron chi connectivity index (χ0n) is 17.3. The van der Waals surface area contributed by atoms with Crippen LogP contribution in [0, 0.1) is 13.8 Å². The third-order valence-electron chi connectivity index (χ3n) is 4.62. The minimum Gasteiger partial charge on any atom is -0.318 e. The van der Waals surface area contributed by atoms with Crippen LogP contribution in [-0.4, -0.2) is 22.6 Å². The third kappa shape index (κ3) is 5.74. The number of carbonyl (C=O) groups excluding carboxylic acids is 2. The van der Waals surface area contributed by atoms with Crippen molar-refractivity contribution in [2.45, 2.75) is 20.0 Å². The Morgan fingerprint density at radius 2 is 1.64 bits per heavy atom. The molecule has 2 N–H and O–H groups in total. The second kappa shape index (κ2) is 9.68. The number of para-hydroxylation sites is 1. The van der Waals surface area contributed by atoms with Crippen LogP contribution in [0.2, 0.25) is 10.0 Å². The molecule has 0 radical (unpaired) electrons. The zero-order valence-corrected chi connectivity index (χ0v) is 18.8. The molecule has 0 aliphatic carbocycles. The average molecular weight is 497 g/mol. The lowest BCUT2D eigenvalue weighted by Gasteiger charge is -2.16. The fourth-order valence-corrected chi connectivity index (χ4v) is 3.75. The highest BCUT2D eigenvalue weighted by molar-refractivity contribution is 6.40. The monoisotopic (exact) mass is 496 g/mol. The molecular formula is C22H17Cl2F3N4O2. The number of alkyl halides is 3. The molecule has 0 bridgehead atoms. The molecule has 1 heterocycles. The van der Waals surface area contributed by atoms with E-state index in [-0.39, 0.29) is 21.4 Å². The van der Waals surface area contributed by atoms with Gasteiger partial charge in [-0.2, -0.15) is 18.3 Å². The standard InChI is InChI=1S/C22H17Cl2F3N4O2/c1-12-7-14(13(2)31(12)19-6-4-3-5-18(19)22(25,26)27)11-28-30-21(33)20(32)29-17-9-15(23)8-16(24)10-17/h3-11H,1-2H3,(H,29,32)(H,30,33)/b28-11-. The maximum absolute atomic E-state index is 13.4. The van der Waals surface area contributed by atoms with E-state index in [1.807, 2.05) is 0 Å². The number of nitrogens with one attached hydrogen (secondary N) is 2. The van der Waals surface area contributed by atoms with Crippen LogP contribution in [0.15, 0.2) is 53.6 Å². The Labute approximate surface area is 197 Å². The van der Waals surface area contributed by atoms with Crippen molar-refractivity contribution in [2.75, 3.05) is 5.32 Å². The quantitative estimate of drug-likeness (QED) is 0.284. The van der Waals surface area contributed by atoms with Crippen LogP contribution in [-0.2, 0) is 15.8 Å². The Morgan fingerprint density at radius 1 is 1.00 bits per heavy atom. The van der Waals surface area contributed by atoms with Gasteiger partial charge in [-0.05, 0) is 50.2 Å². The highest BCUT2D eigenvalue weighted by Crippen LogP contribution is 2.35. The number of benzene rings is 2. The first-order chi connectivity index (χ1) is 15.5. The molecular weight excluding hydrogens is 480 g/mol. The third-order valence-corrected chi connectivity index (χ3v) is 5.05. The Balaban J connectivity index is 1.76. The molecule has 33 heavy (non-hydrogen) atoms. The summed E-state index contributed by atoms with van der Waals surface area (Å²) in [7, 11) is 0. The van der Waals surface area contributed by atoms with Crippen LogP contribution in [0.3, 0.4) is 0 Å². The van der Waals surface area contributed by atoms with Gasteiger partial charge in [0.1, 0.15) is 0 Å². The Hall–Kier alpha value is -3.30. The van der Waals surface area contributed by atoms with Crippen molar-refractivity contribution in [2.24, 2.45) is 5.10 Å². The molecule has 0 fully saturated rings. The van der Waals surface area contributed by atoms with Gasteiger partial charge in [-0.25, -0.2) is 5.43 Å². The molecule has 1 aromatic heterocycles. The molecule has 11 heteroatoms. The van der Waals surface area contributed by atoms with Gasteiger partial charge >= 0.3 is 18.0 Å². The maximum atomic E-state index is 13.4. The first-order valence-corrected chi connectivity index (χ1v) is 10.2. The van der Waals surface area contributed by atoms with Crippen LogP contribution in [0.4, 0.5) is 18.9 Å². The maximum Gasteiger partial charge on any atom is 0.418 e. The number of hydrogen-bond acceptors (Lipinski definition) is 3. The van der Waals surface area contributed by atoms with E-state index < -0.39 is 23.6 Å². The molecule has 0 aliphatic heterocycles. The predicted molar refractivity (Wildman–Crippen MR) is 121 cm³/mol. The minimum atomic E-state index is -4.53. The zero-order chi connectivity index (χ0) is 24.3. The number of halogens is 5. The van der Waals surface area contributed by atoms with Gasteiger partial charge in [0.25, 0.3) is 0 Å². The number of hydrazone groups is 1. The molecule has 172 valence electrons. The van der Waals surface area contributed by atoms with E-state index in [4.69, 9.17) is 23.2 Å². The first-order valence-electron chi connectivity index (χ1n) is 9.43. The van der Waals surface area contributed by atoms with Crippen molar-refractivity contribution >= 4 is 46.9 Å². The molecule has 0 spiro atoms. The molecule has 0 unspecified atom stereocenters. The lowest BCUT2D eigenvalue weighted by molar-refractivity contribution is -0.137. The summed E-state index contributed by atoms with van der Waals surface area (Å²) in [5, 5.41) is 6.63. The van der Waals surface area contributed by atoms with Crippen LogP contribution < -0.4 is 10.7 Å². The number of amides is 2. The number of aromatic nitrogens is 1. The summed E-state index contributed by atoms with van der Waals surface area (Å²) in [5.41, 5.74) is 2.97. The predicted octanol–water partition coefficient (Wildman–Crippen LogP) is 5.51. The molecule has 0 atom stereocenters. The summed E-state index contributed by atoms with van der Waals surface area (Å²) >= 11 is 11.7. The summed E-state index contributed by atoms with van der Waals surface area (Å²) in [4.78, 5) is 24.0. The van der Waals surface area contributed by atoms with Gasteiger partial charge in [0.05, 0.1) is 17.5 Å². The van der Waals surface area contributed by atoms with Gasteiger partial charge < -0.3 is 9.88 Å². The van der Waals surface area contributed by atoms with Crippen molar-refractivity contribution in [3.63, 3.8) is 0 Å². The van der Waals surface area contributed by atoms with Crippen LogP contribution in [0.1, 0.15) is 22.5 Å². The minimum absolute atomic E-state index is 0.0248. The second-order valence-electron chi connectivity index (χ2n) is 6.99. The smallest absolute Gasteiger partial charge is 0.318 e. The normalized spacial score (nSPS) is 11.6. The van der Waals surface area contributed by atoms with E-state index in [1.165, 1.54) is 47.2 Å². The topological polar surface area (TPSA) is 75.5 Å². The SMILES string of the molecule is Cc1cc(/C=N\NC(=O)C(=O)Nc2cc(Cl)cc(Cl)c2)c(C)n1-c1ccccc1C(F)(F)F. The Morgan fingerprint density at radius 3 is 2.27 bits per heavy atom. The Bertz CT molecular complexity index is 1230. The number of anilines is 1. The summed E-state index contributed by atoms with van der Waals surface area (Å²) in [6.07, 6.45) is -3.28. The second-order valence-corrected chi connectivity index (χ2v) is 7.86. The van der Waals surface area contributed by atoms with E-state index in [1.54, 1.807) is 19.9 Å². The van der Waals surface area contributed by atoms with E-state index in [0.29, 0.717) is 17.0 Å². The average Bonchev–Trinajstić information content (AvgIpc) is 2.99. The van der Waals surface area contributed by atoms with Gasteiger partial charge in [0.2, 0.25) is 0 Å². The molecule has 2 aromatic carbocycles. The van der Waals surface area contributed by atoms with Crippen LogP contribution in [0.5, 0.6) is 0 Å². The van der Waals surface area contributed by atoms with Crippen molar-refractivity contribution in [3.05, 3.63) is 81.1 Å². The van der Waals surface area contributed by atoms with E-state index in [2.05, 4.69) is 15.8 Å². The molecule has 0 saturated heterocycles. The van der Waals surface area contributed by atoms with Crippen molar-refractivity contribution < 1.29 is 22.8 Å². The van der Waals surface area contributed by atoms with Gasteiger partial charge in [-0.15, -0.1) is 0 Å². The summed E-state index contributed by atoms with van der Waals surface area (Å²) < 4.78 is 41.7. The molecule has 6 nitrogen and oxygen atoms in total. The molecule has 0 aliphatic rings. The molecule has 2 amide bonds. The number of aryl methyl sites for hydroxylation is 1. The van der Waals surface area contributed by atoms with Crippen LogP contribution in [0.25, 0.3) is 5.69 Å². The lowest BCUT2D eigenvalue weighted by atomic mass is 10.1. The van der Waals surface area contributed by atoms with Gasteiger partial charge in [0.15, 0.2) is 0 Å². The van der Waals surface area contributed by atoms with E-state index in [0.717, 1.165) is 6.07 Å².